The molecule has 1 aliphatic heterocycles. The lowest BCUT2D eigenvalue weighted by molar-refractivity contribution is 0.461. The molecule has 42 heavy (non-hydrogen) atoms. The highest BCUT2D eigenvalue weighted by Crippen LogP contribution is 2.28. The summed E-state index contributed by atoms with van der Waals surface area (Å²) in [5, 5.41) is 43.5. The molecule has 0 fully saturated rings. The van der Waals surface area contributed by atoms with E-state index in [0.717, 1.165) is 11.1 Å². The van der Waals surface area contributed by atoms with Crippen molar-refractivity contribution in [2.75, 3.05) is 0 Å². The maximum Gasteiger partial charge on any atom is 0.133 e. The van der Waals surface area contributed by atoms with Crippen molar-refractivity contribution >= 4 is 24.9 Å². The highest BCUT2D eigenvalue weighted by molar-refractivity contribution is 5.93. The first kappa shape index (κ1) is 28.3. The van der Waals surface area contributed by atoms with Crippen LogP contribution in [-0.2, 0) is 26.2 Å². The average Bonchev–Trinajstić information content (AvgIpc) is 2.96. The Balaban J connectivity index is 1.55. The summed E-state index contributed by atoms with van der Waals surface area (Å²) in [4.78, 5) is 17.9. The molecule has 1 heterocycles. The summed E-state index contributed by atoms with van der Waals surface area (Å²) < 4.78 is 0. The van der Waals surface area contributed by atoms with Crippen LogP contribution in [-0.4, -0.2) is 45.3 Å². The highest BCUT2D eigenvalue weighted by Gasteiger charge is 2.11. The van der Waals surface area contributed by atoms with Gasteiger partial charge in [-0.1, -0.05) is 36.4 Å². The zero-order valence-electron chi connectivity index (χ0n) is 23.5. The average molecular weight is 561 g/mol. The Kier molecular flexibility index (Phi) is 8.43. The Labute approximate surface area is 244 Å². The summed E-state index contributed by atoms with van der Waals surface area (Å²) in [6.45, 7) is 4.67. The molecule has 8 bridgehead atoms. The number of fused-ring (bicyclic) bond motifs is 8. The predicted octanol–water partition coefficient (Wildman–Crippen LogP) is 5.92. The quantitative estimate of drug-likeness (QED) is 0.213. The van der Waals surface area contributed by atoms with Gasteiger partial charge in [0.05, 0.1) is 26.2 Å². The molecule has 1 aliphatic rings. The molecule has 4 N–H and O–H groups in total. The highest BCUT2D eigenvalue weighted by atomic mass is 16.3. The van der Waals surface area contributed by atoms with Gasteiger partial charge in [-0.3, -0.25) is 20.0 Å². The number of rotatable bonds is 0. The van der Waals surface area contributed by atoms with Crippen molar-refractivity contribution in [2.24, 2.45) is 20.0 Å². The molecule has 0 saturated carbocycles. The number of phenolic OH excluding ortho intramolecular Hbond substituents is 4. The normalized spacial score (nSPS) is 13.6. The minimum Gasteiger partial charge on any atom is -0.507 e. The second-order valence-corrected chi connectivity index (χ2v) is 10.3. The molecule has 212 valence electrons. The molecule has 5 rings (SSSR count). The van der Waals surface area contributed by atoms with Crippen LogP contribution in [0.15, 0.2) is 80.6 Å². The third-order valence-corrected chi connectivity index (χ3v) is 7.00. The summed E-state index contributed by atoms with van der Waals surface area (Å²) in [6.07, 6.45) is 6.32. The largest absolute Gasteiger partial charge is 0.507 e. The van der Waals surface area contributed by atoms with Gasteiger partial charge in [0.2, 0.25) is 0 Å². The van der Waals surface area contributed by atoms with Crippen LogP contribution in [0.25, 0.3) is 0 Å². The van der Waals surface area contributed by atoms with E-state index in [1.165, 1.54) is 0 Å². The van der Waals surface area contributed by atoms with Gasteiger partial charge >= 0.3 is 0 Å². The van der Waals surface area contributed by atoms with Crippen molar-refractivity contribution in [3.05, 3.63) is 116 Å². The summed E-state index contributed by atoms with van der Waals surface area (Å²) in [5.74, 6) is 0.304. The molecule has 0 aromatic heterocycles. The number of phenols is 4. The van der Waals surface area contributed by atoms with E-state index >= 15 is 0 Å². The Hall–Kier alpha value is -5.24. The number of hydrogen-bond acceptors (Lipinski definition) is 8. The van der Waals surface area contributed by atoms with Gasteiger partial charge in [-0.15, -0.1) is 0 Å². The van der Waals surface area contributed by atoms with E-state index in [2.05, 4.69) is 20.0 Å². The summed E-state index contributed by atoms with van der Waals surface area (Å²) in [7, 11) is 0. The fourth-order valence-electron chi connectivity index (χ4n) is 4.83. The lowest BCUT2D eigenvalue weighted by Crippen LogP contribution is -1.95. The third-order valence-electron chi connectivity index (χ3n) is 7.00. The van der Waals surface area contributed by atoms with Crippen LogP contribution in [0.2, 0.25) is 0 Å². The van der Waals surface area contributed by atoms with Crippen LogP contribution in [0.3, 0.4) is 0 Å². The Morgan fingerprint density at radius 2 is 0.690 bits per heavy atom. The van der Waals surface area contributed by atoms with Crippen molar-refractivity contribution in [3.63, 3.8) is 0 Å². The number of para-hydroxylation sites is 2. The molecule has 4 aromatic rings. The van der Waals surface area contributed by atoms with E-state index in [9.17, 15) is 20.4 Å². The minimum absolute atomic E-state index is 0.0453. The van der Waals surface area contributed by atoms with E-state index in [0.29, 0.717) is 44.5 Å². The van der Waals surface area contributed by atoms with Gasteiger partial charge in [-0.25, -0.2) is 0 Å². The monoisotopic (exact) mass is 560 g/mol. The third kappa shape index (κ3) is 6.39. The molecule has 0 spiro atoms. The van der Waals surface area contributed by atoms with E-state index in [1.807, 2.05) is 50.2 Å². The number of aromatic hydroxyl groups is 4. The molecule has 4 aromatic carbocycles. The van der Waals surface area contributed by atoms with Crippen LogP contribution in [0.4, 0.5) is 0 Å². The fourth-order valence-corrected chi connectivity index (χ4v) is 4.83. The molecule has 8 heteroatoms. The lowest BCUT2D eigenvalue weighted by Gasteiger charge is -2.09. The molecule has 0 atom stereocenters. The van der Waals surface area contributed by atoms with Crippen LogP contribution >= 0.6 is 0 Å². The molecular formula is C34H32N4O4. The second kappa shape index (κ2) is 12.5. The van der Waals surface area contributed by atoms with E-state index < -0.39 is 0 Å². The molecule has 8 nitrogen and oxygen atoms in total. The Bertz CT molecular complexity index is 1520. The number of benzene rings is 4. The van der Waals surface area contributed by atoms with Crippen molar-refractivity contribution < 1.29 is 20.4 Å². The topological polar surface area (TPSA) is 130 Å². The first-order valence-corrected chi connectivity index (χ1v) is 13.6. The number of nitrogens with zero attached hydrogens (tertiary/aromatic N) is 4. The van der Waals surface area contributed by atoms with E-state index in [4.69, 9.17) is 0 Å². The van der Waals surface area contributed by atoms with Crippen molar-refractivity contribution in [3.8, 4) is 23.0 Å². The van der Waals surface area contributed by atoms with Gasteiger partial charge in [0.1, 0.15) is 23.0 Å². The lowest BCUT2D eigenvalue weighted by atomic mass is 10.1. The zero-order chi connectivity index (χ0) is 29.6. The van der Waals surface area contributed by atoms with Gasteiger partial charge in [-0.05, 0) is 49.2 Å². The smallest absolute Gasteiger partial charge is 0.133 e. The van der Waals surface area contributed by atoms with Crippen molar-refractivity contribution in [1.29, 1.82) is 0 Å². The van der Waals surface area contributed by atoms with Crippen LogP contribution < -0.4 is 0 Å². The van der Waals surface area contributed by atoms with Gasteiger partial charge in [0.15, 0.2) is 0 Å². The molecule has 0 radical (unpaired) electrons. The first-order chi connectivity index (χ1) is 20.3. The number of aryl methyl sites for hydroxylation is 2. The van der Waals surface area contributed by atoms with Crippen LogP contribution in [0, 0.1) is 13.8 Å². The van der Waals surface area contributed by atoms with Gasteiger partial charge in [0, 0.05) is 69.4 Å². The van der Waals surface area contributed by atoms with Crippen molar-refractivity contribution in [2.45, 2.75) is 40.0 Å². The molecule has 0 saturated heterocycles. The van der Waals surface area contributed by atoms with Crippen LogP contribution in [0.1, 0.15) is 55.6 Å². The number of aliphatic imine (C=N–C) groups is 4. The van der Waals surface area contributed by atoms with Gasteiger partial charge in [0.25, 0.3) is 0 Å². The maximum absolute atomic E-state index is 10.9. The van der Waals surface area contributed by atoms with Crippen molar-refractivity contribution in [1.82, 2.24) is 0 Å². The van der Waals surface area contributed by atoms with Gasteiger partial charge in [-0.2, -0.15) is 0 Å². The van der Waals surface area contributed by atoms with Gasteiger partial charge < -0.3 is 20.4 Å². The van der Waals surface area contributed by atoms with E-state index in [-0.39, 0.29) is 49.2 Å². The molecule has 0 aliphatic carbocycles. The first-order valence-electron chi connectivity index (χ1n) is 13.6. The zero-order valence-corrected chi connectivity index (χ0v) is 23.5. The Morgan fingerprint density at radius 3 is 0.952 bits per heavy atom. The molecule has 0 unspecified atom stereocenters. The summed E-state index contributed by atoms with van der Waals surface area (Å²) in [6, 6.07) is 18.1. The Morgan fingerprint density at radius 1 is 0.429 bits per heavy atom. The molecule has 0 amide bonds. The van der Waals surface area contributed by atoms with Crippen LogP contribution in [0.5, 0.6) is 23.0 Å². The fraction of sp³-hybridized carbons (Fsp3) is 0.176. The second-order valence-electron chi connectivity index (χ2n) is 10.3. The minimum atomic E-state index is 0.0453. The standard InChI is InChI=1S/C34H32N4O4/c1-21-9-27-17-35-13-23-5-3-7-25(31(23)39)15-37-19-29-11-22(2)12-30(34(29)42)20-38-16-26-8-4-6-24(32(26)40)14-36-18-28(10-21)33(27)41/h3-12,17-20,39-42H,13-16H2,1-2H3. The SMILES string of the molecule is Cc1cc2c(O)c(c1)C=NCc1cccc(c1O)CN=Cc1cc(C)cc(c1O)C=NCc1cccc(c1O)CN=C2. The number of hydrogen-bond donors (Lipinski definition) is 4. The molecular weight excluding hydrogens is 528 g/mol. The summed E-state index contributed by atoms with van der Waals surface area (Å²) >= 11 is 0. The predicted molar refractivity (Wildman–Crippen MR) is 167 cm³/mol. The summed E-state index contributed by atoms with van der Waals surface area (Å²) in [5.41, 5.74) is 6.49. The van der Waals surface area contributed by atoms with E-state index in [1.54, 1.807) is 49.1 Å². The maximum atomic E-state index is 10.9.